The molecule has 6 nitrogen and oxygen atoms in total. The van der Waals surface area contributed by atoms with Crippen LogP contribution in [-0.2, 0) is 4.79 Å². The molecule has 26 heavy (non-hydrogen) atoms. The second kappa shape index (κ2) is 10.1. The normalized spacial score (nSPS) is 21.1. The highest BCUT2D eigenvalue weighted by molar-refractivity contribution is 5.82. The molecule has 2 rings (SSSR count). The summed E-state index contributed by atoms with van der Waals surface area (Å²) < 4.78 is 0. The summed E-state index contributed by atoms with van der Waals surface area (Å²) >= 11 is 0. The van der Waals surface area contributed by atoms with Gasteiger partial charge in [0.15, 0.2) is 0 Å². The molecule has 1 aromatic rings. The van der Waals surface area contributed by atoms with Crippen LogP contribution in [0.2, 0.25) is 0 Å². The average Bonchev–Trinajstić information content (AvgIpc) is 2.62. The first-order valence-electron chi connectivity index (χ1n) is 9.76. The summed E-state index contributed by atoms with van der Waals surface area (Å²) in [5.41, 5.74) is 6.21. The summed E-state index contributed by atoms with van der Waals surface area (Å²) in [6, 6.07) is 5.62. The first-order chi connectivity index (χ1) is 12.5. The molecule has 0 saturated heterocycles. The number of primary amides is 1. The van der Waals surface area contributed by atoms with Crippen molar-refractivity contribution in [2.45, 2.75) is 70.8 Å². The van der Waals surface area contributed by atoms with Crippen molar-refractivity contribution in [1.82, 2.24) is 0 Å². The number of rotatable bonds is 10. The molecule has 1 fully saturated rings. The van der Waals surface area contributed by atoms with Crippen LogP contribution >= 0.6 is 0 Å². The third-order valence-corrected chi connectivity index (χ3v) is 5.50. The van der Waals surface area contributed by atoms with Gasteiger partial charge in [0.05, 0.1) is 4.92 Å². The van der Waals surface area contributed by atoms with Crippen molar-refractivity contribution in [3.63, 3.8) is 0 Å². The highest BCUT2D eigenvalue weighted by Crippen LogP contribution is 2.31. The van der Waals surface area contributed by atoms with Crippen LogP contribution in [0.3, 0.4) is 0 Å². The molecule has 1 aliphatic carbocycles. The first kappa shape index (κ1) is 20.2. The van der Waals surface area contributed by atoms with Gasteiger partial charge >= 0.3 is 0 Å². The van der Waals surface area contributed by atoms with Crippen LogP contribution in [0.4, 0.5) is 11.4 Å². The molecule has 0 heterocycles. The molecular weight excluding hydrogens is 330 g/mol. The van der Waals surface area contributed by atoms with Crippen molar-refractivity contribution in [1.29, 1.82) is 0 Å². The molecule has 0 radical (unpaired) electrons. The quantitative estimate of drug-likeness (QED) is 0.360. The number of anilines is 1. The van der Waals surface area contributed by atoms with E-state index in [1.54, 1.807) is 12.1 Å². The van der Waals surface area contributed by atoms with Crippen molar-refractivity contribution in [2.24, 2.45) is 17.6 Å². The van der Waals surface area contributed by atoms with E-state index >= 15 is 0 Å². The summed E-state index contributed by atoms with van der Waals surface area (Å²) in [5.74, 6) is 1.40. The minimum absolute atomic E-state index is 0.0308. The molecule has 3 N–H and O–H groups in total. The van der Waals surface area contributed by atoms with E-state index in [1.807, 2.05) is 0 Å². The zero-order chi connectivity index (χ0) is 18.9. The maximum Gasteiger partial charge on any atom is 0.269 e. The fourth-order valence-corrected chi connectivity index (χ4v) is 3.74. The van der Waals surface area contributed by atoms with Gasteiger partial charge in [0.1, 0.15) is 6.04 Å². The number of carbonyl (C=O) groups is 1. The van der Waals surface area contributed by atoms with Crippen LogP contribution in [0.5, 0.6) is 0 Å². The average molecular weight is 361 g/mol. The second-order valence-corrected chi connectivity index (χ2v) is 7.67. The Balaban J connectivity index is 1.69. The Kier molecular flexibility index (Phi) is 7.88. The zero-order valence-electron chi connectivity index (χ0n) is 15.7. The van der Waals surface area contributed by atoms with E-state index in [4.69, 9.17) is 5.73 Å². The molecule has 1 unspecified atom stereocenters. The standard InChI is InChI=1S/C20H31N3O3/c1-15-7-9-16(10-8-15)5-3-2-4-6-19(20(21)24)22-17-11-13-18(14-12-17)23(25)26/h11-16,19,22H,2-10H2,1H3,(H2,21,24). The van der Waals surface area contributed by atoms with E-state index in [0.29, 0.717) is 12.1 Å². The highest BCUT2D eigenvalue weighted by Gasteiger charge is 2.18. The Hall–Kier alpha value is -2.11. The van der Waals surface area contributed by atoms with Crippen molar-refractivity contribution >= 4 is 17.3 Å². The number of nitrogens with one attached hydrogen (secondary N) is 1. The van der Waals surface area contributed by atoms with Gasteiger partial charge in [0, 0.05) is 17.8 Å². The number of non-ortho nitro benzene ring substituents is 1. The Morgan fingerprint density at radius 2 is 1.85 bits per heavy atom. The largest absolute Gasteiger partial charge is 0.374 e. The summed E-state index contributed by atoms with van der Waals surface area (Å²) in [4.78, 5) is 21.9. The molecule has 1 aliphatic rings. The number of nitro groups is 1. The van der Waals surface area contributed by atoms with E-state index < -0.39 is 11.0 Å². The molecule has 0 bridgehead atoms. The molecule has 6 heteroatoms. The summed E-state index contributed by atoms with van der Waals surface area (Å²) in [7, 11) is 0. The molecule has 144 valence electrons. The van der Waals surface area contributed by atoms with Crippen molar-refractivity contribution < 1.29 is 9.72 Å². The fourth-order valence-electron chi connectivity index (χ4n) is 3.74. The van der Waals surface area contributed by atoms with Crippen molar-refractivity contribution in [2.75, 3.05) is 5.32 Å². The van der Waals surface area contributed by atoms with Gasteiger partial charge in [0.25, 0.3) is 5.69 Å². The van der Waals surface area contributed by atoms with Crippen molar-refractivity contribution in [3.8, 4) is 0 Å². The van der Waals surface area contributed by atoms with E-state index in [9.17, 15) is 14.9 Å². The topological polar surface area (TPSA) is 98.3 Å². The smallest absolute Gasteiger partial charge is 0.269 e. The van der Waals surface area contributed by atoms with E-state index in [2.05, 4.69) is 12.2 Å². The lowest BCUT2D eigenvalue weighted by atomic mass is 9.80. The number of benzene rings is 1. The van der Waals surface area contributed by atoms with Gasteiger partial charge in [0.2, 0.25) is 5.91 Å². The number of hydrogen-bond acceptors (Lipinski definition) is 4. The van der Waals surface area contributed by atoms with Gasteiger partial charge in [-0.3, -0.25) is 14.9 Å². The molecule has 0 spiro atoms. The van der Waals surface area contributed by atoms with E-state index in [0.717, 1.165) is 24.7 Å². The Bertz CT molecular complexity index is 580. The number of unbranched alkanes of at least 4 members (excludes halogenated alkanes) is 2. The maximum absolute atomic E-state index is 11.7. The lowest BCUT2D eigenvalue weighted by Gasteiger charge is -2.26. The van der Waals surface area contributed by atoms with Crippen molar-refractivity contribution in [3.05, 3.63) is 34.4 Å². The van der Waals surface area contributed by atoms with Crippen LogP contribution in [0, 0.1) is 22.0 Å². The van der Waals surface area contributed by atoms with Gasteiger partial charge in [-0.1, -0.05) is 58.3 Å². The highest BCUT2D eigenvalue weighted by atomic mass is 16.6. The summed E-state index contributed by atoms with van der Waals surface area (Å²) in [6.07, 6.45) is 10.7. The summed E-state index contributed by atoms with van der Waals surface area (Å²) in [6.45, 7) is 2.35. The van der Waals surface area contributed by atoms with Crippen LogP contribution in [0.25, 0.3) is 0 Å². The predicted molar refractivity (Wildman–Crippen MR) is 104 cm³/mol. The maximum atomic E-state index is 11.7. The Morgan fingerprint density at radius 3 is 2.42 bits per heavy atom. The Morgan fingerprint density at radius 1 is 1.19 bits per heavy atom. The lowest BCUT2D eigenvalue weighted by Crippen LogP contribution is -2.35. The number of nitrogens with two attached hydrogens (primary N) is 1. The predicted octanol–water partition coefficient (Wildman–Crippen LogP) is 4.64. The van der Waals surface area contributed by atoms with E-state index in [1.165, 1.54) is 50.7 Å². The monoisotopic (exact) mass is 361 g/mol. The SMILES string of the molecule is CC1CCC(CCCCCC(Nc2ccc([N+](=O)[O-])cc2)C(N)=O)CC1. The van der Waals surface area contributed by atoms with Crippen LogP contribution in [0.1, 0.15) is 64.7 Å². The number of amides is 1. The molecule has 0 aromatic heterocycles. The van der Waals surface area contributed by atoms with Gasteiger partial charge < -0.3 is 11.1 Å². The zero-order valence-corrected chi connectivity index (χ0v) is 15.7. The fraction of sp³-hybridized carbons (Fsp3) is 0.650. The third kappa shape index (κ3) is 6.65. The number of nitro benzene ring substituents is 1. The van der Waals surface area contributed by atoms with Gasteiger partial charge in [-0.25, -0.2) is 0 Å². The Labute approximate surface area is 155 Å². The van der Waals surface area contributed by atoms with Gasteiger partial charge in [-0.2, -0.15) is 0 Å². The van der Waals surface area contributed by atoms with Crippen LogP contribution in [0.15, 0.2) is 24.3 Å². The number of hydrogen-bond donors (Lipinski definition) is 2. The van der Waals surface area contributed by atoms with Gasteiger partial charge in [-0.15, -0.1) is 0 Å². The van der Waals surface area contributed by atoms with E-state index in [-0.39, 0.29) is 11.6 Å². The summed E-state index contributed by atoms with van der Waals surface area (Å²) in [5, 5.41) is 13.8. The third-order valence-electron chi connectivity index (χ3n) is 5.50. The van der Waals surface area contributed by atoms with Crippen LogP contribution in [-0.4, -0.2) is 16.9 Å². The number of nitrogens with zero attached hydrogens (tertiary/aromatic N) is 1. The lowest BCUT2D eigenvalue weighted by molar-refractivity contribution is -0.384. The van der Waals surface area contributed by atoms with Crippen LogP contribution < -0.4 is 11.1 Å². The molecular formula is C20H31N3O3. The second-order valence-electron chi connectivity index (χ2n) is 7.67. The molecule has 1 aromatic carbocycles. The first-order valence-corrected chi connectivity index (χ1v) is 9.76. The minimum atomic E-state index is -0.442. The molecule has 1 atom stereocenters. The molecule has 1 amide bonds. The minimum Gasteiger partial charge on any atom is -0.374 e. The van der Waals surface area contributed by atoms with Gasteiger partial charge in [-0.05, 0) is 30.4 Å². The molecule has 0 aliphatic heterocycles. The molecule has 1 saturated carbocycles. The number of carbonyl (C=O) groups excluding carboxylic acids is 1.